The number of aromatic nitrogens is 2. The van der Waals surface area contributed by atoms with Crippen molar-refractivity contribution in [2.75, 3.05) is 12.4 Å². The summed E-state index contributed by atoms with van der Waals surface area (Å²) in [6.45, 7) is 1.23. The quantitative estimate of drug-likeness (QED) is 0.295. The van der Waals surface area contributed by atoms with E-state index in [4.69, 9.17) is 5.14 Å². The van der Waals surface area contributed by atoms with Gasteiger partial charge in [0, 0.05) is 5.69 Å². The Labute approximate surface area is 187 Å². The molecule has 168 valence electrons. The molecule has 1 amide bonds. The van der Waals surface area contributed by atoms with Crippen LogP contribution in [0.25, 0.3) is 10.9 Å². The first-order valence-corrected chi connectivity index (χ1v) is 11.7. The van der Waals surface area contributed by atoms with Crippen LogP contribution in [0.4, 0.5) is 5.69 Å². The van der Waals surface area contributed by atoms with Gasteiger partial charge in [0.15, 0.2) is 5.16 Å². The third kappa shape index (κ3) is 5.33. The number of benzene rings is 2. The molecule has 0 aliphatic rings. The second-order valence-electron chi connectivity index (χ2n) is 6.70. The molecule has 3 rings (SSSR count). The number of thioether (sulfide) groups is 1. The molecule has 0 saturated carbocycles. The highest BCUT2D eigenvalue weighted by Crippen LogP contribution is 2.24. The summed E-state index contributed by atoms with van der Waals surface area (Å²) < 4.78 is 28.9. The number of amides is 1. The van der Waals surface area contributed by atoms with Crippen molar-refractivity contribution >= 4 is 50.3 Å². The number of rotatable bonds is 7. The predicted molar refractivity (Wildman–Crippen MR) is 120 cm³/mol. The topological polar surface area (TPSA) is 150 Å². The average Bonchev–Trinajstić information content (AvgIpc) is 2.75. The molecule has 0 aliphatic heterocycles. The van der Waals surface area contributed by atoms with E-state index >= 15 is 0 Å². The van der Waals surface area contributed by atoms with Gasteiger partial charge in [-0.2, -0.15) is 0 Å². The molecule has 1 unspecified atom stereocenters. The van der Waals surface area contributed by atoms with Crippen molar-refractivity contribution in [1.82, 2.24) is 9.55 Å². The number of primary sulfonamides is 1. The van der Waals surface area contributed by atoms with Crippen molar-refractivity contribution in [2.45, 2.75) is 28.8 Å². The zero-order valence-electron chi connectivity index (χ0n) is 17.1. The number of para-hydroxylation sites is 1. The van der Waals surface area contributed by atoms with Crippen LogP contribution < -0.4 is 16.0 Å². The summed E-state index contributed by atoms with van der Waals surface area (Å²) in [5, 5.41) is 7.49. The normalized spacial score (nSPS) is 12.3. The van der Waals surface area contributed by atoms with Gasteiger partial charge in [-0.05, 0) is 37.3 Å². The van der Waals surface area contributed by atoms with E-state index in [1.54, 1.807) is 31.2 Å². The number of carbonyl (C=O) groups excluding carboxylic acids is 2. The molecule has 0 bridgehead atoms. The smallest absolute Gasteiger partial charge is 0.325 e. The monoisotopic (exact) mass is 476 g/mol. The number of carbonyl (C=O) groups is 2. The van der Waals surface area contributed by atoms with E-state index in [1.807, 2.05) is 0 Å². The van der Waals surface area contributed by atoms with Crippen molar-refractivity contribution in [3.63, 3.8) is 0 Å². The third-order valence-corrected chi connectivity index (χ3v) is 6.42. The lowest BCUT2D eigenvalue weighted by atomic mass is 10.2. The second-order valence-corrected chi connectivity index (χ2v) is 9.57. The van der Waals surface area contributed by atoms with Gasteiger partial charge in [0.2, 0.25) is 15.9 Å². The third-order valence-electron chi connectivity index (χ3n) is 4.42. The number of hydrogen-bond donors (Lipinski definition) is 2. The highest BCUT2D eigenvalue weighted by molar-refractivity contribution is 8.00. The maximum Gasteiger partial charge on any atom is 0.325 e. The molecular weight excluding hydrogens is 456 g/mol. The molecular formula is C20H20N4O6S2. The number of nitrogens with one attached hydrogen (secondary N) is 1. The molecule has 3 N–H and O–H groups in total. The Hall–Kier alpha value is -3.22. The minimum atomic E-state index is -3.92. The van der Waals surface area contributed by atoms with E-state index < -0.39 is 32.7 Å². The van der Waals surface area contributed by atoms with Gasteiger partial charge in [0.05, 0.1) is 28.2 Å². The minimum Gasteiger partial charge on any atom is -0.468 e. The molecule has 12 heteroatoms. The Morgan fingerprint density at radius 2 is 1.94 bits per heavy atom. The van der Waals surface area contributed by atoms with Crippen molar-refractivity contribution < 1.29 is 22.7 Å². The largest absolute Gasteiger partial charge is 0.468 e. The summed E-state index contributed by atoms with van der Waals surface area (Å²) >= 11 is 0.978. The molecule has 3 aromatic rings. The maximum absolute atomic E-state index is 12.9. The van der Waals surface area contributed by atoms with Crippen LogP contribution in [0.5, 0.6) is 0 Å². The van der Waals surface area contributed by atoms with Crippen LogP contribution in [-0.2, 0) is 30.9 Å². The zero-order valence-corrected chi connectivity index (χ0v) is 18.8. The Kier molecular flexibility index (Phi) is 6.96. The molecule has 32 heavy (non-hydrogen) atoms. The zero-order chi connectivity index (χ0) is 23.5. The summed E-state index contributed by atoms with van der Waals surface area (Å²) in [5.74, 6) is -1.10. The Balaban J connectivity index is 1.89. The number of nitrogens with zero attached hydrogens (tertiary/aromatic N) is 2. The molecule has 1 aromatic heterocycles. The van der Waals surface area contributed by atoms with Gasteiger partial charge < -0.3 is 10.1 Å². The van der Waals surface area contributed by atoms with Gasteiger partial charge in [-0.1, -0.05) is 30.0 Å². The number of hydrogen-bond acceptors (Lipinski definition) is 8. The standard InChI is InChI=1S/C20H20N4O6S2/c1-12(18(26)22-13-6-5-7-14(10-13)32(21,28)29)31-20-23-16-9-4-3-8-15(16)19(27)24(20)11-17(25)30-2/h3-10,12H,11H2,1-2H3,(H,22,26)(H2,21,28,29). The molecule has 1 atom stereocenters. The Bertz CT molecular complexity index is 1350. The highest BCUT2D eigenvalue weighted by atomic mass is 32.2. The first-order valence-electron chi connectivity index (χ1n) is 9.27. The number of ether oxygens (including phenoxy) is 1. The van der Waals surface area contributed by atoms with Crippen molar-refractivity contribution in [1.29, 1.82) is 0 Å². The van der Waals surface area contributed by atoms with Crippen LogP contribution in [0.3, 0.4) is 0 Å². The molecule has 0 fully saturated rings. The van der Waals surface area contributed by atoms with Gasteiger partial charge in [0.1, 0.15) is 6.54 Å². The van der Waals surface area contributed by atoms with Crippen LogP contribution in [-0.4, -0.2) is 42.2 Å². The number of anilines is 1. The number of esters is 1. The molecule has 0 aliphatic carbocycles. The summed E-state index contributed by atoms with van der Waals surface area (Å²) in [5.41, 5.74) is 0.235. The van der Waals surface area contributed by atoms with E-state index in [2.05, 4.69) is 15.0 Å². The fourth-order valence-corrected chi connectivity index (χ4v) is 4.24. The van der Waals surface area contributed by atoms with Crippen LogP contribution in [0.2, 0.25) is 0 Å². The molecule has 0 saturated heterocycles. The number of fused-ring (bicyclic) bond motifs is 1. The molecule has 2 aromatic carbocycles. The predicted octanol–water partition coefficient (Wildman–Crippen LogP) is 1.34. The summed E-state index contributed by atoms with van der Waals surface area (Å²) in [6, 6.07) is 12.2. The number of nitrogens with two attached hydrogens (primary N) is 1. The van der Waals surface area contributed by atoms with Gasteiger partial charge in [-0.3, -0.25) is 19.0 Å². The minimum absolute atomic E-state index is 0.140. The van der Waals surface area contributed by atoms with E-state index in [9.17, 15) is 22.8 Å². The highest BCUT2D eigenvalue weighted by Gasteiger charge is 2.21. The van der Waals surface area contributed by atoms with Gasteiger partial charge in [-0.15, -0.1) is 0 Å². The molecule has 1 heterocycles. The lowest BCUT2D eigenvalue weighted by Gasteiger charge is -2.16. The van der Waals surface area contributed by atoms with Crippen LogP contribution in [0.1, 0.15) is 6.92 Å². The van der Waals surface area contributed by atoms with E-state index in [1.165, 1.54) is 31.4 Å². The number of methoxy groups -OCH3 is 1. The van der Waals surface area contributed by atoms with Gasteiger partial charge in [0.25, 0.3) is 5.56 Å². The summed E-state index contributed by atoms with van der Waals surface area (Å²) in [4.78, 5) is 41.7. The van der Waals surface area contributed by atoms with Crippen molar-refractivity contribution in [3.05, 3.63) is 58.9 Å². The Morgan fingerprint density at radius 3 is 2.62 bits per heavy atom. The molecule has 0 spiro atoms. The maximum atomic E-state index is 12.9. The number of sulfonamides is 1. The van der Waals surface area contributed by atoms with E-state index in [0.717, 1.165) is 16.3 Å². The second kappa shape index (κ2) is 9.51. The first-order chi connectivity index (χ1) is 15.1. The van der Waals surface area contributed by atoms with Crippen LogP contribution in [0.15, 0.2) is 63.4 Å². The van der Waals surface area contributed by atoms with Gasteiger partial charge in [-0.25, -0.2) is 18.5 Å². The lowest BCUT2D eigenvalue weighted by Crippen LogP contribution is -2.29. The Morgan fingerprint density at radius 1 is 1.22 bits per heavy atom. The van der Waals surface area contributed by atoms with Crippen LogP contribution >= 0.6 is 11.8 Å². The van der Waals surface area contributed by atoms with Crippen molar-refractivity contribution in [3.8, 4) is 0 Å². The first kappa shape index (κ1) is 23.4. The fourth-order valence-electron chi connectivity index (χ4n) is 2.78. The summed E-state index contributed by atoms with van der Waals surface area (Å²) in [6.07, 6.45) is 0. The summed E-state index contributed by atoms with van der Waals surface area (Å²) in [7, 11) is -2.71. The van der Waals surface area contributed by atoms with Crippen LogP contribution in [0, 0.1) is 0 Å². The fraction of sp³-hybridized carbons (Fsp3) is 0.200. The SMILES string of the molecule is COC(=O)Cn1c(SC(C)C(=O)Nc2cccc(S(N)(=O)=O)c2)nc2ccccc2c1=O. The molecule has 10 nitrogen and oxygen atoms in total. The van der Waals surface area contributed by atoms with E-state index in [0.29, 0.717) is 10.9 Å². The van der Waals surface area contributed by atoms with E-state index in [-0.39, 0.29) is 22.3 Å². The van der Waals surface area contributed by atoms with Gasteiger partial charge >= 0.3 is 5.97 Å². The van der Waals surface area contributed by atoms with Crippen molar-refractivity contribution in [2.24, 2.45) is 5.14 Å². The average molecular weight is 477 g/mol. The lowest BCUT2D eigenvalue weighted by molar-refractivity contribution is -0.141. The molecule has 0 radical (unpaired) electrons.